The molecule has 2 nitrogen and oxygen atoms in total. The average Bonchev–Trinajstić information content (AvgIpc) is 2.84. The molecular weight excluding hydrogens is 246 g/mol. The van der Waals surface area contributed by atoms with Crippen LogP contribution in [0.25, 0.3) is 6.08 Å². The van der Waals surface area contributed by atoms with Crippen LogP contribution in [-0.4, -0.2) is 12.1 Å². The van der Waals surface area contributed by atoms with Crippen LogP contribution in [0.5, 0.6) is 0 Å². The van der Waals surface area contributed by atoms with E-state index in [1.54, 1.807) is 0 Å². The quantitative estimate of drug-likeness (QED) is 0.816. The SMILES string of the molecule is C(=C\[C@H]1C[C@@H]2Cc3ccccc3N1O2)/c1ccccc1. The molecule has 0 saturated carbocycles. The van der Waals surface area contributed by atoms with Crippen molar-refractivity contribution in [3.05, 3.63) is 71.8 Å². The minimum Gasteiger partial charge on any atom is -0.269 e. The first-order valence-corrected chi connectivity index (χ1v) is 7.17. The lowest BCUT2D eigenvalue weighted by atomic mass is 10.0. The van der Waals surface area contributed by atoms with Crippen molar-refractivity contribution in [3.8, 4) is 0 Å². The molecule has 2 aliphatic heterocycles. The third-order valence-electron chi connectivity index (χ3n) is 4.06. The van der Waals surface area contributed by atoms with E-state index in [0.717, 1.165) is 12.8 Å². The van der Waals surface area contributed by atoms with Crippen LogP contribution in [0.1, 0.15) is 17.5 Å². The van der Waals surface area contributed by atoms with Crippen LogP contribution in [-0.2, 0) is 11.3 Å². The number of rotatable bonds is 2. The van der Waals surface area contributed by atoms with Crippen molar-refractivity contribution in [2.75, 3.05) is 5.06 Å². The number of hydroxylamine groups is 1. The zero-order chi connectivity index (χ0) is 13.4. The fourth-order valence-electron chi connectivity index (χ4n) is 3.09. The van der Waals surface area contributed by atoms with Gasteiger partial charge in [0.05, 0.1) is 17.8 Å². The van der Waals surface area contributed by atoms with Gasteiger partial charge in [-0.1, -0.05) is 60.7 Å². The minimum absolute atomic E-state index is 0.329. The maximum Gasteiger partial charge on any atom is 0.0921 e. The second kappa shape index (κ2) is 4.80. The lowest BCUT2D eigenvalue weighted by molar-refractivity contribution is 0.0753. The van der Waals surface area contributed by atoms with E-state index in [2.05, 4.69) is 65.7 Å². The minimum atomic E-state index is 0.329. The molecule has 0 aliphatic carbocycles. The van der Waals surface area contributed by atoms with Crippen molar-refractivity contribution < 1.29 is 4.84 Å². The van der Waals surface area contributed by atoms with Crippen LogP contribution in [0.2, 0.25) is 0 Å². The van der Waals surface area contributed by atoms with Gasteiger partial charge in [0.1, 0.15) is 0 Å². The second-order valence-electron chi connectivity index (χ2n) is 5.46. The van der Waals surface area contributed by atoms with Crippen LogP contribution in [0, 0.1) is 0 Å². The van der Waals surface area contributed by atoms with Crippen molar-refractivity contribution in [1.82, 2.24) is 0 Å². The number of benzene rings is 2. The van der Waals surface area contributed by atoms with E-state index in [-0.39, 0.29) is 0 Å². The van der Waals surface area contributed by atoms with Crippen molar-refractivity contribution in [3.63, 3.8) is 0 Å². The molecule has 0 unspecified atom stereocenters. The Morgan fingerprint density at radius 1 is 1.00 bits per heavy atom. The van der Waals surface area contributed by atoms with Gasteiger partial charge in [0, 0.05) is 12.8 Å². The molecule has 0 spiro atoms. The molecule has 2 atom stereocenters. The van der Waals surface area contributed by atoms with Gasteiger partial charge in [0.15, 0.2) is 0 Å². The van der Waals surface area contributed by atoms with Crippen molar-refractivity contribution in [2.45, 2.75) is 25.0 Å². The van der Waals surface area contributed by atoms with Gasteiger partial charge in [-0.05, 0) is 17.2 Å². The molecule has 0 radical (unpaired) electrons. The van der Waals surface area contributed by atoms with Crippen LogP contribution < -0.4 is 5.06 Å². The smallest absolute Gasteiger partial charge is 0.0921 e. The van der Waals surface area contributed by atoms with Gasteiger partial charge >= 0.3 is 0 Å². The Morgan fingerprint density at radius 3 is 2.70 bits per heavy atom. The van der Waals surface area contributed by atoms with E-state index in [0.29, 0.717) is 12.1 Å². The number of para-hydroxylation sites is 1. The highest BCUT2D eigenvalue weighted by atomic mass is 16.7. The highest BCUT2D eigenvalue weighted by Crippen LogP contribution is 2.38. The zero-order valence-corrected chi connectivity index (χ0v) is 11.3. The molecule has 0 N–H and O–H groups in total. The third kappa shape index (κ3) is 2.02. The van der Waals surface area contributed by atoms with Crippen molar-refractivity contribution in [2.24, 2.45) is 0 Å². The molecule has 2 heterocycles. The summed E-state index contributed by atoms with van der Waals surface area (Å²) >= 11 is 0. The predicted molar refractivity (Wildman–Crippen MR) is 81.4 cm³/mol. The molecule has 0 aromatic heterocycles. The molecule has 100 valence electrons. The Morgan fingerprint density at radius 2 is 1.80 bits per heavy atom. The van der Waals surface area contributed by atoms with Gasteiger partial charge in [0.25, 0.3) is 0 Å². The molecule has 2 aliphatic rings. The summed E-state index contributed by atoms with van der Waals surface area (Å²) in [6.07, 6.45) is 6.88. The van der Waals surface area contributed by atoms with Crippen LogP contribution in [0.4, 0.5) is 5.69 Å². The summed E-state index contributed by atoms with van der Waals surface area (Å²) in [7, 11) is 0. The summed E-state index contributed by atoms with van der Waals surface area (Å²) in [6, 6.07) is 19.3. The molecule has 20 heavy (non-hydrogen) atoms. The first-order valence-electron chi connectivity index (χ1n) is 7.17. The van der Waals surface area contributed by atoms with E-state index in [1.807, 2.05) is 6.07 Å². The normalized spacial score (nSPS) is 24.1. The molecule has 1 saturated heterocycles. The Kier molecular flexibility index (Phi) is 2.82. The maximum atomic E-state index is 6.01. The van der Waals surface area contributed by atoms with Gasteiger partial charge < -0.3 is 0 Å². The van der Waals surface area contributed by atoms with E-state index >= 15 is 0 Å². The summed E-state index contributed by atoms with van der Waals surface area (Å²) in [4.78, 5) is 6.01. The predicted octanol–water partition coefficient (Wildman–Crippen LogP) is 3.84. The molecule has 1 fully saturated rings. The van der Waals surface area contributed by atoms with Gasteiger partial charge in [-0.25, -0.2) is 5.06 Å². The topological polar surface area (TPSA) is 12.5 Å². The monoisotopic (exact) mass is 263 g/mol. The molecule has 2 bridgehead atoms. The number of hydrogen-bond donors (Lipinski definition) is 0. The van der Waals surface area contributed by atoms with E-state index in [4.69, 9.17) is 4.84 Å². The van der Waals surface area contributed by atoms with Gasteiger partial charge in [-0.3, -0.25) is 4.84 Å². The Balaban J connectivity index is 1.61. The van der Waals surface area contributed by atoms with Crippen LogP contribution >= 0.6 is 0 Å². The molecular formula is C18H17NO. The molecule has 2 aromatic carbocycles. The fourth-order valence-corrected chi connectivity index (χ4v) is 3.09. The van der Waals surface area contributed by atoms with Crippen LogP contribution in [0.15, 0.2) is 60.7 Å². The second-order valence-corrected chi connectivity index (χ2v) is 5.46. The first-order chi connectivity index (χ1) is 9.90. The van der Waals surface area contributed by atoms with E-state index < -0.39 is 0 Å². The van der Waals surface area contributed by atoms with Gasteiger partial charge in [0.2, 0.25) is 0 Å². The lowest BCUT2D eigenvalue weighted by Gasteiger charge is -2.28. The Bertz CT molecular complexity index is 635. The molecule has 2 aromatic rings. The van der Waals surface area contributed by atoms with Gasteiger partial charge in [-0.2, -0.15) is 0 Å². The van der Waals surface area contributed by atoms with Crippen LogP contribution in [0.3, 0.4) is 0 Å². The number of anilines is 1. The molecule has 2 heteroatoms. The third-order valence-corrected chi connectivity index (χ3v) is 4.06. The zero-order valence-electron chi connectivity index (χ0n) is 11.3. The van der Waals surface area contributed by atoms with E-state index in [1.165, 1.54) is 16.8 Å². The summed E-state index contributed by atoms with van der Waals surface area (Å²) in [5.41, 5.74) is 3.87. The summed E-state index contributed by atoms with van der Waals surface area (Å²) in [6.45, 7) is 0. The first kappa shape index (κ1) is 11.7. The van der Waals surface area contributed by atoms with Crippen molar-refractivity contribution in [1.29, 1.82) is 0 Å². The largest absolute Gasteiger partial charge is 0.269 e. The standard InChI is InChI=1S/C18H17NO/c1-2-6-14(7-3-1)10-11-16-13-17-12-15-8-4-5-9-18(15)19(16)20-17/h1-11,16-17H,12-13H2/b11-10+/t16-,17-/m0/s1. The van der Waals surface area contributed by atoms with Gasteiger partial charge in [-0.15, -0.1) is 0 Å². The highest BCUT2D eigenvalue weighted by Gasteiger charge is 2.37. The van der Waals surface area contributed by atoms with Crippen molar-refractivity contribution >= 4 is 11.8 Å². The summed E-state index contributed by atoms with van der Waals surface area (Å²) in [5.74, 6) is 0. The molecule has 4 rings (SSSR count). The lowest BCUT2D eigenvalue weighted by Crippen LogP contribution is -2.30. The molecule has 0 amide bonds. The van der Waals surface area contributed by atoms with E-state index in [9.17, 15) is 0 Å². The highest BCUT2D eigenvalue weighted by molar-refractivity contribution is 5.58. The number of nitrogens with zero attached hydrogens (tertiary/aromatic N) is 1. The number of fused-ring (bicyclic) bond motifs is 4. The maximum absolute atomic E-state index is 6.01. The Hall–Kier alpha value is -2.06. The summed E-state index contributed by atoms with van der Waals surface area (Å²) < 4.78 is 0. The average molecular weight is 263 g/mol. The number of hydrogen-bond acceptors (Lipinski definition) is 2. The summed E-state index contributed by atoms with van der Waals surface area (Å²) in [5, 5.41) is 2.09. The Labute approximate surface area is 119 Å². The fraction of sp³-hybridized carbons (Fsp3) is 0.222.